The molecule has 1 unspecified atom stereocenters. The molecular weight excluding hydrogens is 594 g/mol. The van der Waals surface area contributed by atoms with Crippen LogP contribution in [0.1, 0.15) is 30.9 Å². The minimum Gasteiger partial charge on any atom is -0.463 e. The van der Waals surface area contributed by atoms with Gasteiger partial charge in [0, 0.05) is 46.7 Å². The SMILES string of the molecule is CCOC(=O)C(Cc1ccc(Br)c(Br)c1)OC(=O)N1CCC(N2CCc3ccccc3NC2=O)CC1. The summed E-state index contributed by atoms with van der Waals surface area (Å²) in [6.07, 6.45) is 0.686. The van der Waals surface area contributed by atoms with Crippen molar-refractivity contribution >= 4 is 55.6 Å². The summed E-state index contributed by atoms with van der Waals surface area (Å²) in [6, 6.07) is 13.4. The lowest BCUT2D eigenvalue weighted by Gasteiger charge is -2.37. The number of ether oxygens (including phenoxy) is 2. The van der Waals surface area contributed by atoms with Gasteiger partial charge >= 0.3 is 18.1 Å². The first kappa shape index (κ1) is 26.5. The fourth-order valence-electron chi connectivity index (χ4n) is 4.58. The van der Waals surface area contributed by atoms with Crippen molar-refractivity contribution in [2.24, 2.45) is 0 Å². The number of urea groups is 1. The van der Waals surface area contributed by atoms with E-state index in [2.05, 4.69) is 37.2 Å². The molecule has 8 nitrogen and oxygen atoms in total. The number of esters is 1. The highest BCUT2D eigenvalue weighted by molar-refractivity contribution is 9.13. The molecule has 1 N–H and O–H groups in total. The van der Waals surface area contributed by atoms with Crippen LogP contribution in [0.2, 0.25) is 0 Å². The van der Waals surface area contributed by atoms with Crippen LogP contribution >= 0.6 is 31.9 Å². The van der Waals surface area contributed by atoms with Gasteiger partial charge in [0.15, 0.2) is 0 Å². The molecule has 1 atom stereocenters. The number of fused-ring (bicyclic) bond motifs is 1. The van der Waals surface area contributed by atoms with E-state index in [4.69, 9.17) is 9.47 Å². The Balaban J connectivity index is 1.35. The van der Waals surface area contributed by atoms with Gasteiger partial charge in [-0.1, -0.05) is 24.3 Å². The van der Waals surface area contributed by atoms with Gasteiger partial charge in [0.05, 0.1) is 6.61 Å². The molecule has 1 fully saturated rings. The van der Waals surface area contributed by atoms with Crippen LogP contribution in [0.3, 0.4) is 0 Å². The molecule has 0 aromatic heterocycles. The lowest BCUT2D eigenvalue weighted by molar-refractivity contribution is -0.153. The number of carbonyl (C=O) groups excluding carboxylic acids is 3. The molecule has 0 saturated carbocycles. The number of nitrogens with zero attached hydrogens (tertiary/aromatic N) is 2. The molecule has 4 rings (SSSR count). The van der Waals surface area contributed by atoms with Crippen molar-refractivity contribution in [2.75, 3.05) is 31.6 Å². The molecule has 3 amide bonds. The van der Waals surface area contributed by atoms with E-state index in [-0.39, 0.29) is 25.1 Å². The topological polar surface area (TPSA) is 88.2 Å². The zero-order valence-electron chi connectivity index (χ0n) is 20.0. The minimum atomic E-state index is -1.04. The molecule has 10 heteroatoms. The Labute approximate surface area is 227 Å². The molecule has 0 bridgehead atoms. The number of rotatable bonds is 6. The van der Waals surface area contributed by atoms with Crippen molar-refractivity contribution in [3.63, 3.8) is 0 Å². The Morgan fingerprint density at radius 3 is 2.56 bits per heavy atom. The third-order valence-electron chi connectivity index (χ3n) is 6.50. The second kappa shape index (κ2) is 12.1. The Kier molecular flexibility index (Phi) is 8.90. The molecule has 2 aliphatic heterocycles. The van der Waals surface area contributed by atoms with Crippen molar-refractivity contribution in [1.82, 2.24) is 9.80 Å². The lowest BCUT2D eigenvalue weighted by atomic mass is 10.0. The van der Waals surface area contributed by atoms with Gasteiger partial charge in [0.1, 0.15) is 0 Å². The highest BCUT2D eigenvalue weighted by Crippen LogP contribution is 2.26. The van der Waals surface area contributed by atoms with E-state index < -0.39 is 18.2 Å². The van der Waals surface area contributed by atoms with Gasteiger partial charge in [0.2, 0.25) is 6.10 Å². The van der Waals surface area contributed by atoms with Crippen LogP contribution in [0.5, 0.6) is 0 Å². The van der Waals surface area contributed by atoms with Gasteiger partial charge < -0.3 is 24.6 Å². The van der Waals surface area contributed by atoms with Crippen LogP contribution in [0.4, 0.5) is 15.3 Å². The van der Waals surface area contributed by atoms with E-state index in [1.165, 1.54) is 0 Å². The molecule has 2 aromatic rings. The van der Waals surface area contributed by atoms with Crippen molar-refractivity contribution < 1.29 is 23.9 Å². The van der Waals surface area contributed by atoms with Crippen LogP contribution in [-0.4, -0.2) is 66.3 Å². The highest BCUT2D eigenvalue weighted by atomic mass is 79.9. The Hall–Kier alpha value is -2.59. The van der Waals surface area contributed by atoms with Crippen LogP contribution in [0, 0.1) is 0 Å². The molecule has 36 heavy (non-hydrogen) atoms. The predicted molar refractivity (Wildman–Crippen MR) is 143 cm³/mol. The monoisotopic (exact) mass is 621 g/mol. The second-order valence-corrected chi connectivity index (χ2v) is 10.5. The number of halogens is 2. The molecular formula is C26H29Br2N3O5. The average molecular weight is 623 g/mol. The summed E-state index contributed by atoms with van der Waals surface area (Å²) in [5, 5.41) is 3.01. The number of piperidine rings is 1. The maximum absolute atomic E-state index is 13.0. The zero-order chi connectivity index (χ0) is 25.7. The first-order chi connectivity index (χ1) is 17.4. The van der Waals surface area contributed by atoms with Crippen molar-refractivity contribution in [1.29, 1.82) is 0 Å². The Morgan fingerprint density at radius 2 is 1.83 bits per heavy atom. The number of anilines is 1. The Bertz CT molecular complexity index is 1120. The van der Waals surface area contributed by atoms with Gasteiger partial charge in [0.25, 0.3) is 0 Å². The van der Waals surface area contributed by atoms with E-state index in [9.17, 15) is 14.4 Å². The van der Waals surface area contributed by atoms with E-state index in [1.54, 1.807) is 11.8 Å². The van der Waals surface area contributed by atoms with Crippen LogP contribution < -0.4 is 5.32 Å². The number of amides is 3. The third-order valence-corrected chi connectivity index (χ3v) is 8.38. The van der Waals surface area contributed by atoms with E-state index in [0.717, 1.165) is 32.2 Å². The molecule has 0 spiro atoms. The summed E-state index contributed by atoms with van der Waals surface area (Å²) in [7, 11) is 0. The molecule has 2 heterocycles. The van der Waals surface area contributed by atoms with Crippen molar-refractivity contribution in [3.8, 4) is 0 Å². The molecule has 0 aliphatic carbocycles. The summed E-state index contributed by atoms with van der Waals surface area (Å²) in [6.45, 7) is 3.43. The maximum atomic E-state index is 13.0. The van der Waals surface area contributed by atoms with E-state index in [1.807, 2.05) is 47.4 Å². The average Bonchev–Trinajstić information content (AvgIpc) is 3.04. The molecule has 2 aromatic carbocycles. The van der Waals surface area contributed by atoms with Crippen molar-refractivity contribution in [3.05, 3.63) is 62.5 Å². The molecule has 1 saturated heterocycles. The van der Waals surface area contributed by atoms with E-state index in [0.29, 0.717) is 32.5 Å². The fraction of sp³-hybridized carbons (Fsp3) is 0.423. The number of para-hydroxylation sites is 1. The predicted octanol–water partition coefficient (Wildman–Crippen LogP) is 5.38. The van der Waals surface area contributed by atoms with Gasteiger partial charge in [-0.25, -0.2) is 14.4 Å². The summed E-state index contributed by atoms with van der Waals surface area (Å²) in [4.78, 5) is 41.8. The third kappa shape index (κ3) is 6.39. The number of carbonyl (C=O) groups is 3. The first-order valence-corrected chi connectivity index (χ1v) is 13.7. The summed E-state index contributed by atoms with van der Waals surface area (Å²) in [5.74, 6) is -0.569. The van der Waals surface area contributed by atoms with Gasteiger partial charge in [-0.3, -0.25) is 0 Å². The smallest absolute Gasteiger partial charge is 0.410 e. The van der Waals surface area contributed by atoms with Gasteiger partial charge in [-0.2, -0.15) is 0 Å². The second-order valence-electron chi connectivity index (χ2n) is 8.83. The maximum Gasteiger partial charge on any atom is 0.410 e. The van der Waals surface area contributed by atoms with Crippen LogP contribution in [0.15, 0.2) is 51.4 Å². The largest absolute Gasteiger partial charge is 0.463 e. The summed E-state index contributed by atoms with van der Waals surface area (Å²) >= 11 is 6.89. The van der Waals surface area contributed by atoms with E-state index >= 15 is 0 Å². The normalized spacial score (nSPS) is 17.0. The zero-order valence-corrected chi connectivity index (χ0v) is 23.2. The molecule has 0 radical (unpaired) electrons. The number of benzene rings is 2. The van der Waals surface area contributed by atoms with Gasteiger partial charge in [-0.15, -0.1) is 0 Å². The molecule has 192 valence electrons. The van der Waals surface area contributed by atoms with Crippen molar-refractivity contribution in [2.45, 2.75) is 44.8 Å². The fourth-order valence-corrected chi connectivity index (χ4v) is 5.26. The number of likely N-dealkylation sites (tertiary alicyclic amines) is 1. The van der Waals surface area contributed by atoms with Gasteiger partial charge in [-0.05, 0) is 87.4 Å². The minimum absolute atomic E-state index is 0.0318. The first-order valence-electron chi connectivity index (χ1n) is 12.1. The number of hydrogen-bond acceptors (Lipinski definition) is 5. The summed E-state index contributed by atoms with van der Waals surface area (Å²) in [5.41, 5.74) is 2.81. The molecule has 2 aliphatic rings. The number of nitrogens with one attached hydrogen (secondary N) is 1. The summed E-state index contributed by atoms with van der Waals surface area (Å²) < 4.78 is 12.5. The number of hydrogen-bond donors (Lipinski definition) is 1. The Morgan fingerprint density at radius 1 is 1.08 bits per heavy atom. The van der Waals surface area contributed by atoms with Crippen LogP contribution in [-0.2, 0) is 27.1 Å². The standard InChI is InChI=1S/C26H29Br2N3O5/c1-2-35-24(32)23(16-17-7-8-20(27)21(28)15-17)36-26(34)30-12-10-19(11-13-30)31-14-9-18-5-3-4-6-22(18)29-25(31)33/h3-8,15,19,23H,2,9-14,16H2,1H3,(H,29,33). The lowest BCUT2D eigenvalue weighted by Crippen LogP contribution is -2.50. The quantitative estimate of drug-likeness (QED) is 0.437. The highest BCUT2D eigenvalue weighted by Gasteiger charge is 2.33. The van der Waals surface area contributed by atoms with Crippen LogP contribution in [0.25, 0.3) is 0 Å².